The first-order valence-corrected chi connectivity index (χ1v) is 9.26. The molecule has 1 heterocycles. The van der Waals surface area contributed by atoms with Crippen LogP contribution in [0.4, 0.5) is 0 Å². The highest BCUT2D eigenvalue weighted by Crippen LogP contribution is 2.36. The molecule has 1 aromatic heterocycles. The quantitative estimate of drug-likeness (QED) is 0.424. The fraction of sp³-hybridized carbons (Fsp3) is 0.0435. The van der Waals surface area contributed by atoms with Gasteiger partial charge in [-0.05, 0) is 47.4 Å². The molecule has 3 aromatic carbocycles. The van der Waals surface area contributed by atoms with Gasteiger partial charge >= 0.3 is 7.12 Å². The molecule has 0 spiro atoms. The molecule has 138 valence electrons. The van der Waals surface area contributed by atoms with E-state index in [0.717, 1.165) is 38.3 Å². The summed E-state index contributed by atoms with van der Waals surface area (Å²) in [7, 11) is 6.50. The second-order valence-electron chi connectivity index (χ2n) is 6.49. The van der Waals surface area contributed by atoms with Crippen LogP contribution < -0.4 is 5.46 Å². The van der Waals surface area contributed by atoms with Gasteiger partial charge in [-0.15, -0.1) is 0 Å². The van der Waals surface area contributed by atoms with Gasteiger partial charge in [0.2, 0.25) is 0 Å². The lowest BCUT2D eigenvalue weighted by Crippen LogP contribution is -2.29. The van der Waals surface area contributed by atoms with E-state index in [0.29, 0.717) is 5.46 Å². The second-order valence-corrected chi connectivity index (χ2v) is 6.49. The van der Waals surface area contributed by atoms with Crippen molar-refractivity contribution >= 4 is 66.3 Å². The van der Waals surface area contributed by atoms with Crippen LogP contribution in [0.5, 0.6) is 0 Å². The van der Waals surface area contributed by atoms with Gasteiger partial charge in [0.25, 0.3) is 0 Å². The zero-order valence-electron chi connectivity index (χ0n) is 16.3. The Labute approximate surface area is 173 Å². The molecule has 29 heavy (non-hydrogen) atoms. The highest BCUT2D eigenvalue weighted by molar-refractivity contribution is 6.75. The molecule has 4 aromatic rings. The second kappa shape index (κ2) is 9.04. The van der Waals surface area contributed by atoms with Crippen molar-refractivity contribution in [1.82, 2.24) is 4.57 Å². The largest absolute Gasteiger partial charge is 0.488 e. The summed E-state index contributed by atoms with van der Waals surface area (Å²) in [5, 5.41) is 23.7. The third-order valence-electron chi connectivity index (χ3n) is 4.86. The SMILES string of the molecule is C=C/C=C(\C=C/C)n1c2ccc(B(O)O)cc2c2c3ccccc3ccc21.[B][B]. The molecule has 6 heteroatoms. The van der Waals surface area contributed by atoms with Crippen LogP contribution in [0, 0.1) is 0 Å². The number of benzene rings is 3. The molecule has 0 saturated carbocycles. The van der Waals surface area contributed by atoms with E-state index in [1.165, 1.54) is 0 Å². The first-order valence-electron chi connectivity index (χ1n) is 9.26. The predicted octanol–water partition coefficient (Wildman–Crippen LogP) is 3.47. The van der Waals surface area contributed by atoms with Gasteiger partial charge in [-0.2, -0.15) is 0 Å². The Hall–Kier alpha value is -2.95. The van der Waals surface area contributed by atoms with Crippen molar-refractivity contribution in [2.75, 3.05) is 0 Å². The maximum Gasteiger partial charge on any atom is 0.488 e. The first kappa shape index (κ1) is 20.8. The molecule has 0 aliphatic rings. The third-order valence-corrected chi connectivity index (χ3v) is 4.86. The van der Waals surface area contributed by atoms with Crippen LogP contribution in [0.1, 0.15) is 6.92 Å². The number of fused-ring (bicyclic) bond motifs is 5. The predicted molar refractivity (Wildman–Crippen MR) is 128 cm³/mol. The van der Waals surface area contributed by atoms with Gasteiger partial charge in [0.1, 0.15) is 0 Å². The zero-order chi connectivity index (χ0) is 21.0. The number of hydrogen-bond acceptors (Lipinski definition) is 2. The lowest BCUT2D eigenvalue weighted by molar-refractivity contribution is 0.426. The molecule has 2 N–H and O–H groups in total. The van der Waals surface area contributed by atoms with Crippen LogP contribution in [-0.4, -0.2) is 37.2 Å². The first-order chi connectivity index (χ1) is 14.2. The van der Waals surface area contributed by atoms with E-state index in [2.05, 4.69) is 50.9 Å². The Balaban J connectivity index is 0.00000117. The molecule has 4 radical (unpaired) electrons. The molecule has 0 aliphatic heterocycles. The molecular weight excluding hydrogens is 355 g/mol. The molecule has 0 bridgehead atoms. The van der Waals surface area contributed by atoms with Gasteiger partial charge < -0.3 is 14.6 Å². The molecule has 0 fully saturated rings. The van der Waals surface area contributed by atoms with E-state index in [9.17, 15) is 10.0 Å². The van der Waals surface area contributed by atoms with Crippen molar-refractivity contribution in [1.29, 1.82) is 0 Å². The average Bonchev–Trinajstić information content (AvgIpc) is 3.09. The highest BCUT2D eigenvalue weighted by Gasteiger charge is 2.18. The van der Waals surface area contributed by atoms with Crippen LogP contribution in [0.2, 0.25) is 0 Å². The summed E-state index contributed by atoms with van der Waals surface area (Å²) in [6.45, 7) is 5.84. The normalized spacial score (nSPS) is 11.8. The van der Waals surface area contributed by atoms with Crippen molar-refractivity contribution in [2.45, 2.75) is 6.92 Å². The van der Waals surface area contributed by atoms with Crippen LogP contribution in [0.3, 0.4) is 0 Å². The molecule has 0 unspecified atom stereocenters. The Kier molecular flexibility index (Phi) is 6.48. The number of hydrogen-bond donors (Lipinski definition) is 2. The van der Waals surface area contributed by atoms with E-state index in [-0.39, 0.29) is 0 Å². The van der Waals surface area contributed by atoms with E-state index >= 15 is 0 Å². The molecule has 0 atom stereocenters. The molecule has 3 nitrogen and oxygen atoms in total. The average molecular weight is 375 g/mol. The summed E-state index contributed by atoms with van der Waals surface area (Å²) in [6, 6.07) is 18.1. The smallest absolute Gasteiger partial charge is 0.423 e. The standard InChI is InChI=1S/C23H20BNO2.B2/c1-3-7-18(8-4-2)25-21-14-12-17(24(26)27)15-20(21)23-19-10-6-5-9-16(19)11-13-22(23)25;1-2/h3-15,26-27H,1H2,2H3;/b8-4-,18-7+;. The van der Waals surface area contributed by atoms with Crippen LogP contribution in [0.15, 0.2) is 85.5 Å². The van der Waals surface area contributed by atoms with E-state index in [1.54, 1.807) is 12.1 Å². The fourth-order valence-electron chi connectivity index (χ4n) is 3.74. The summed E-state index contributed by atoms with van der Waals surface area (Å²) in [4.78, 5) is 0. The zero-order valence-corrected chi connectivity index (χ0v) is 16.3. The van der Waals surface area contributed by atoms with Crippen molar-refractivity contribution in [3.05, 3.63) is 85.5 Å². The number of nitrogens with zero attached hydrogens (tertiary/aromatic N) is 1. The minimum absolute atomic E-state index is 0.481. The molecular formula is C23H20B3NO2. The minimum Gasteiger partial charge on any atom is -0.423 e. The van der Waals surface area contributed by atoms with E-state index < -0.39 is 7.12 Å². The maximum absolute atomic E-state index is 9.67. The van der Waals surface area contributed by atoms with E-state index in [1.807, 2.05) is 49.4 Å². The summed E-state index contributed by atoms with van der Waals surface area (Å²) in [5.41, 5.74) is 3.56. The number of allylic oxidation sites excluding steroid dienone is 5. The number of aromatic nitrogens is 1. The Morgan fingerprint density at radius 3 is 2.41 bits per heavy atom. The third kappa shape index (κ3) is 3.69. The Morgan fingerprint density at radius 2 is 1.72 bits per heavy atom. The lowest BCUT2D eigenvalue weighted by atomic mass is 9.79. The summed E-state index contributed by atoms with van der Waals surface area (Å²) >= 11 is 0. The van der Waals surface area contributed by atoms with Gasteiger partial charge in [0.05, 0.1) is 11.0 Å². The summed E-state index contributed by atoms with van der Waals surface area (Å²) in [5.74, 6) is 0. The Bertz CT molecular complexity index is 1240. The monoisotopic (exact) mass is 375 g/mol. The summed E-state index contributed by atoms with van der Waals surface area (Å²) in [6.07, 6.45) is 7.80. The summed E-state index contributed by atoms with van der Waals surface area (Å²) < 4.78 is 2.19. The number of rotatable bonds is 4. The lowest BCUT2D eigenvalue weighted by Gasteiger charge is -2.09. The van der Waals surface area contributed by atoms with Gasteiger partial charge in [-0.25, -0.2) is 0 Å². The topological polar surface area (TPSA) is 45.4 Å². The van der Waals surface area contributed by atoms with Crippen LogP contribution in [-0.2, 0) is 0 Å². The fourth-order valence-corrected chi connectivity index (χ4v) is 3.74. The van der Waals surface area contributed by atoms with Gasteiger partial charge in [-0.1, -0.05) is 61.2 Å². The van der Waals surface area contributed by atoms with Gasteiger partial charge in [0.15, 0.2) is 0 Å². The molecule has 4 rings (SSSR count). The highest BCUT2D eigenvalue weighted by atomic mass is 16.4. The van der Waals surface area contributed by atoms with Gasteiger partial charge in [0, 0.05) is 31.9 Å². The van der Waals surface area contributed by atoms with Crippen molar-refractivity contribution in [3.63, 3.8) is 0 Å². The van der Waals surface area contributed by atoms with Gasteiger partial charge in [-0.3, -0.25) is 0 Å². The van der Waals surface area contributed by atoms with Crippen molar-refractivity contribution < 1.29 is 10.0 Å². The minimum atomic E-state index is -1.50. The van der Waals surface area contributed by atoms with Crippen LogP contribution >= 0.6 is 0 Å². The Morgan fingerprint density at radius 1 is 1.00 bits per heavy atom. The molecule has 0 saturated heterocycles. The van der Waals surface area contributed by atoms with E-state index in [4.69, 9.17) is 0 Å². The molecule has 0 aliphatic carbocycles. The van der Waals surface area contributed by atoms with Crippen molar-refractivity contribution in [2.24, 2.45) is 0 Å². The van der Waals surface area contributed by atoms with Crippen LogP contribution in [0.25, 0.3) is 38.3 Å². The molecule has 0 amide bonds. The van der Waals surface area contributed by atoms with Crippen molar-refractivity contribution in [3.8, 4) is 0 Å². The maximum atomic E-state index is 9.67.